The van der Waals surface area contributed by atoms with Crippen molar-refractivity contribution >= 4 is 0 Å². The second kappa shape index (κ2) is 4.22. The summed E-state index contributed by atoms with van der Waals surface area (Å²) in [6, 6.07) is 0.472. The van der Waals surface area contributed by atoms with Crippen LogP contribution in [0.15, 0.2) is 0 Å². The van der Waals surface area contributed by atoms with Crippen molar-refractivity contribution in [3.8, 4) is 0 Å². The summed E-state index contributed by atoms with van der Waals surface area (Å²) in [6.07, 6.45) is 8.56. The average molecular weight is 195 g/mol. The molecule has 0 aromatic heterocycles. The van der Waals surface area contributed by atoms with E-state index in [1.807, 2.05) is 0 Å². The van der Waals surface area contributed by atoms with Crippen molar-refractivity contribution in [2.24, 2.45) is 29.4 Å². The SMILES string of the molecule is CC(C)CC(N)CC1CC2CCC1C2. The molecule has 2 saturated carbocycles. The van der Waals surface area contributed by atoms with E-state index in [1.54, 1.807) is 0 Å². The number of fused-ring (bicyclic) bond motifs is 2. The van der Waals surface area contributed by atoms with Gasteiger partial charge in [0.25, 0.3) is 0 Å². The Hall–Kier alpha value is -0.0400. The largest absolute Gasteiger partial charge is 0.328 e. The third kappa shape index (κ3) is 2.31. The lowest BCUT2D eigenvalue weighted by molar-refractivity contribution is 0.282. The molecule has 4 atom stereocenters. The molecular formula is C13H25N. The van der Waals surface area contributed by atoms with Crippen LogP contribution in [0, 0.1) is 23.7 Å². The minimum atomic E-state index is 0.472. The van der Waals surface area contributed by atoms with E-state index in [9.17, 15) is 0 Å². The van der Waals surface area contributed by atoms with Gasteiger partial charge in [-0.2, -0.15) is 0 Å². The highest BCUT2D eigenvalue weighted by molar-refractivity contribution is 4.91. The number of nitrogens with two attached hydrogens (primary N) is 1. The summed E-state index contributed by atoms with van der Waals surface area (Å²) in [5, 5.41) is 0. The Morgan fingerprint density at radius 3 is 2.50 bits per heavy atom. The fraction of sp³-hybridized carbons (Fsp3) is 1.00. The molecule has 0 aliphatic heterocycles. The molecule has 4 unspecified atom stereocenters. The summed E-state index contributed by atoms with van der Waals surface area (Å²) in [7, 11) is 0. The van der Waals surface area contributed by atoms with E-state index in [4.69, 9.17) is 5.73 Å². The molecule has 0 spiro atoms. The highest BCUT2D eigenvalue weighted by Gasteiger charge is 2.39. The first-order valence-electron chi connectivity index (χ1n) is 6.40. The summed E-state index contributed by atoms with van der Waals surface area (Å²) in [4.78, 5) is 0. The van der Waals surface area contributed by atoms with E-state index in [0.29, 0.717) is 6.04 Å². The molecular weight excluding hydrogens is 170 g/mol. The second-order valence-electron chi connectivity index (χ2n) is 6.06. The summed E-state index contributed by atoms with van der Waals surface area (Å²) < 4.78 is 0. The van der Waals surface area contributed by atoms with Gasteiger partial charge in [-0.25, -0.2) is 0 Å². The van der Waals surface area contributed by atoms with Crippen molar-refractivity contribution in [1.29, 1.82) is 0 Å². The predicted molar refractivity (Wildman–Crippen MR) is 61.0 cm³/mol. The molecule has 2 N–H and O–H groups in total. The van der Waals surface area contributed by atoms with Gasteiger partial charge in [-0.1, -0.05) is 20.3 Å². The van der Waals surface area contributed by atoms with Gasteiger partial charge in [0, 0.05) is 6.04 Å². The smallest absolute Gasteiger partial charge is 0.00440 e. The molecule has 2 fully saturated rings. The third-order valence-electron chi connectivity index (χ3n) is 4.26. The molecule has 0 heterocycles. The number of hydrogen-bond acceptors (Lipinski definition) is 1. The monoisotopic (exact) mass is 195 g/mol. The van der Waals surface area contributed by atoms with Crippen molar-refractivity contribution in [3.63, 3.8) is 0 Å². The summed E-state index contributed by atoms with van der Waals surface area (Å²) in [5.74, 6) is 3.89. The Balaban J connectivity index is 1.75. The topological polar surface area (TPSA) is 26.0 Å². The second-order valence-corrected chi connectivity index (χ2v) is 6.06. The third-order valence-corrected chi connectivity index (χ3v) is 4.26. The lowest BCUT2D eigenvalue weighted by Crippen LogP contribution is -2.27. The Morgan fingerprint density at radius 2 is 2.00 bits per heavy atom. The Labute approximate surface area is 88.4 Å². The van der Waals surface area contributed by atoms with Crippen LogP contribution in [0.4, 0.5) is 0 Å². The highest BCUT2D eigenvalue weighted by atomic mass is 14.6. The molecule has 0 aromatic rings. The maximum Gasteiger partial charge on any atom is 0.00440 e. The highest BCUT2D eigenvalue weighted by Crippen LogP contribution is 2.49. The zero-order valence-electron chi connectivity index (χ0n) is 9.71. The van der Waals surface area contributed by atoms with Crippen LogP contribution < -0.4 is 5.73 Å². The molecule has 0 amide bonds. The molecule has 0 aromatic carbocycles. The maximum absolute atomic E-state index is 6.19. The van der Waals surface area contributed by atoms with Crippen LogP contribution in [0.1, 0.15) is 52.4 Å². The summed E-state index contributed by atoms with van der Waals surface area (Å²) >= 11 is 0. The van der Waals surface area contributed by atoms with E-state index in [-0.39, 0.29) is 0 Å². The predicted octanol–water partition coefficient (Wildman–Crippen LogP) is 3.19. The van der Waals surface area contributed by atoms with Gasteiger partial charge in [-0.3, -0.25) is 0 Å². The van der Waals surface area contributed by atoms with E-state index < -0.39 is 0 Å². The Kier molecular flexibility index (Phi) is 3.16. The van der Waals surface area contributed by atoms with Crippen molar-refractivity contribution in [2.75, 3.05) is 0 Å². The Morgan fingerprint density at radius 1 is 1.21 bits per heavy atom. The summed E-state index contributed by atoms with van der Waals surface area (Å²) in [6.45, 7) is 4.56. The van der Waals surface area contributed by atoms with Crippen LogP contribution in [-0.4, -0.2) is 6.04 Å². The van der Waals surface area contributed by atoms with Gasteiger partial charge in [-0.15, -0.1) is 0 Å². The molecule has 0 radical (unpaired) electrons. The normalized spacial score (nSPS) is 38.1. The van der Waals surface area contributed by atoms with Gasteiger partial charge in [-0.05, 0) is 55.8 Å². The Bertz CT molecular complexity index is 188. The molecule has 2 aliphatic rings. The molecule has 14 heavy (non-hydrogen) atoms. The quantitative estimate of drug-likeness (QED) is 0.732. The fourth-order valence-electron chi connectivity index (χ4n) is 3.76. The maximum atomic E-state index is 6.19. The standard InChI is InChI=1S/C13H25N/c1-9(2)5-13(14)8-12-7-10-3-4-11(12)6-10/h9-13H,3-8,14H2,1-2H3. The minimum Gasteiger partial charge on any atom is -0.328 e. The van der Waals surface area contributed by atoms with Gasteiger partial charge in [0.2, 0.25) is 0 Å². The molecule has 2 bridgehead atoms. The summed E-state index contributed by atoms with van der Waals surface area (Å²) in [5.41, 5.74) is 6.19. The average Bonchev–Trinajstić information content (AvgIpc) is 2.62. The van der Waals surface area contributed by atoms with Gasteiger partial charge < -0.3 is 5.73 Å². The van der Waals surface area contributed by atoms with Crippen molar-refractivity contribution in [2.45, 2.75) is 58.4 Å². The van der Waals surface area contributed by atoms with Gasteiger partial charge in [0.05, 0.1) is 0 Å². The zero-order chi connectivity index (χ0) is 10.1. The molecule has 1 nitrogen and oxygen atoms in total. The van der Waals surface area contributed by atoms with Crippen LogP contribution in [-0.2, 0) is 0 Å². The zero-order valence-corrected chi connectivity index (χ0v) is 9.71. The number of hydrogen-bond donors (Lipinski definition) is 1. The van der Waals surface area contributed by atoms with Crippen LogP contribution in [0.2, 0.25) is 0 Å². The van der Waals surface area contributed by atoms with Gasteiger partial charge >= 0.3 is 0 Å². The minimum absolute atomic E-state index is 0.472. The number of rotatable bonds is 4. The van der Waals surface area contributed by atoms with E-state index >= 15 is 0 Å². The van der Waals surface area contributed by atoms with Crippen LogP contribution >= 0.6 is 0 Å². The first-order chi connectivity index (χ1) is 6.65. The van der Waals surface area contributed by atoms with Crippen molar-refractivity contribution < 1.29 is 0 Å². The van der Waals surface area contributed by atoms with Crippen molar-refractivity contribution in [1.82, 2.24) is 0 Å². The van der Waals surface area contributed by atoms with Crippen LogP contribution in [0.5, 0.6) is 0 Å². The molecule has 2 rings (SSSR count). The molecule has 2 aliphatic carbocycles. The first kappa shape index (κ1) is 10.5. The van der Waals surface area contributed by atoms with Gasteiger partial charge in [0.1, 0.15) is 0 Å². The lowest BCUT2D eigenvalue weighted by Gasteiger charge is -2.25. The molecule has 82 valence electrons. The van der Waals surface area contributed by atoms with E-state index in [0.717, 1.165) is 23.7 Å². The van der Waals surface area contributed by atoms with Crippen molar-refractivity contribution in [3.05, 3.63) is 0 Å². The molecule has 0 saturated heterocycles. The first-order valence-corrected chi connectivity index (χ1v) is 6.40. The van der Waals surface area contributed by atoms with E-state index in [1.165, 1.54) is 38.5 Å². The van der Waals surface area contributed by atoms with Gasteiger partial charge in [0.15, 0.2) is 0 Å². The van der Waals surface area contributed by atoms with Crippen LogP contribution in [0.3, 0.4) is 0 Å². The van der Waals surface area contributed by atoms with Crippen LogP contribution in [0.25, 0.3) is 0 Å². The van der Waals surface area contributed by atoms with E-state index in [2.05, 4.69) is 13.8 Å². The fourth-order valence-corrected chi connectivity index (χ4v) is 3.76. The lowest BCUT2D eigenvalue weighted by atomic mass is 9.83. The molecule has 1 heteroatoms.